The van der Waals surface area contributed by atoms with Crippen molar-refractivity contribution >= 4 is 11.8 Å². The van der Waals surface area contributed by atoms with Crippen LogP contribution in [0.2, 0.25) is 0 Å². The largest absolute Gasteiger partial charge is 0.312 e. The molecule has 0 aromatic heterocycles. The molecule has 0 aromatic rings. The van der Waals surface area contributed by atoms with Gasteiger partial charge in [-0.15, -0.1) is 0 Å². The van der Waals surface area contributed by atoms with E-state index < -0.39 is 0 Å². The van der Waals surface area contributed by atoms with Crippen LogP contribution < -0.4 is 5.32 Å². The first-order valence-electron chi connectivity index (χ1n) is 5.17. The third kappa shape index (κ3) is 3.74. The Morgan fingerprint density at radius 3 is 2.92 bits per heavy atom. The van der Waals surface area contributed by atoms with Gasteiger partial charge in [0.1, 0.15) is 0 Å². The van der Waals surface area contributed by atoms with E-state index in [2.05, 4.69) is 37.5 Å². The maximum atomic E-state index is 3.99. The van der Waals surface area contributed by atoms with Crippen molar-refractivity contribution in [2.75, 3.05) is 18.8 Å². The minimum Gasteiger partial charge on any atom is -0.312 e. The molecule has 0 spiro atoms. The van der Waals surface area contributed by atoms with Crippen LogP contribution in [-0.2, 0) is 0 Å². The third-order valence-electron chi connectivity index (χ3n) is 2.67. The van der Waals surface area contributed by atoms with Crippen LogP contribution in [0.3, 0.4) is 0 Å². The van der Waals surface area contributed by atoms with Crippen molar-refractivity contribution in [2.24, 2.45) is 0 Å². The van der Waals surface area contributed by atoms with Gasteiger partial charge >= 0.3 is 0 Å². The summed E-state index contributed by atoms with van der Waals surface area (Å²) in [5.41, 5.74) is 1.31. The molecule has 0 amide bonds. The van der Waals surface area contributed by atoms with E-state index in [1.807, 2.05) is 0 Å². The first-order valence-corrected chi connectivity index (χ1v) is 6.16. The van der Waals surface area contributed by atoms with Crippen molar-refractivity contribution in [3.63, 3.8) is 0 Å². The summed E-state index contributed by atoms with van der Waals surface area (Å²) in [5.74, 6) is 1.34. The number of nitrogens with one attached hydrogen (secondary N) is 1. The predicted molar refractivity (Wildman–Crippen MR) is 62.4 cm³/mol. The molecule has 1 heterocycles. The van der Waals surface area contributed by atoms with E-state index in [1.165, 1.54) is 24.2 Å². The van der Waals surface area contributed by atoms with E-state index in [0.717, 1.165) is 19.5 Å². The Morgan fingerprint density at radius 2 is 2.38 bits per heavy atom. The third-order valence-corrected chi connectivity index (χ3v) is 4.21. The lowest BCUT2D eigenvalue weighted by atomic mass is 10.1. The van der Waals surface area contributed by atoms with Crippen molar-refractivity contribution in [3.05, 3.63) is 12.2 Å². The van der Waals surface area contributed by atoms with Gasteiger partial charge in [0, 0.05) is 17.8 Å². The smallest absolute Gasteiger partial charge is 0.0256 e. The van der Waals surface area contributed by atoms with Gasteiger partial charge in [-0.1, -0.05) is 19.1 Å². The molecule has 2 heteroatoms. The van der Waals surface area contributed by atoms with Crippen LogP contribution in [0, 0.1) is 0 Å². The fraction of sp³-hybridized carbons (Fsp3) is 0.818. The van der Waals surface area contributed by atoms with Gasteiger partial charge in [0.15, 0.2) is 0 Å². The Labute approximate surface area is 86.4 Å². The number of hydrogen-bond acceptors (Lipinski definition) is 2. The van der Waals surface area contributed by atoms with Gasteiger partial charge in [-0.25, -0.2) is 0 Å². The van der Waals surface area contributed by atoms with Gasteiger partial charge in [-0.05, 0) is 31.9 Å². The Kier molecular flexibility index (Phi) is 4.33. The SMILES string of the molecule is C=C(CC)CNCC1(C)CCCS1. The first-order chi connectivity index (χ1) is 6.16. The monoisotopic (exact) mass is 199 g/mol. The molecule has 1 atom stereocenters. The van der Waals surface area contributed by atoms with Crippen LogP contribution in [-0.4, -0.2) is 23.6 Å². The standard InChI is InChI=1S/C11H21NS/c1-4-10(2)8-12-9-11(3)6-5-7-13-11/h12H,2,4-9H2,1,3H3. The fourth-order valence-corrected chi connectivity index (χ4v) is 2.88. The molecule has 1 nitrogen and oxygen atoms in total. The molecular formula is C11H21NS. The molecular weight excluding hydrogens is 178 g/mol. The summed E-state index contributed by atoms with van der Waals surface area (Å²) in [6.07, 6.45) is 3.84. The normalized spacial score (nSPS) is 27.8. The molecule has 1 saturated heterocycles. The van der Waals surface area contributed by atoms with E-state index in [0.29, 0.717) is 4.75 Å². The summed E-state index contributed by atoms with van der Waals surface area (Å²) in [4.78, 5) is 0. The molecule has 0 aliphatic carbocycles. The average molecular weight is 199 g/mol. The van der Waals surface area contributed by atoms with Crippen molar-refractivity contribution in [3.8, 4) is 0 Å². The maximum Gasteiger partial charge on any atom is 0.0256 e. The zero-order chi connectivity index (χ0) is 9.73. The fourth-order valence-electron chi connectivity index (χ4n) is 1.60. The number of thioether (sulfide) groups is 1. The Morgan fingerprint density at radius 1 is 1.62 bits per heavy atom. The van der Waals surface area contributed by atoms with E-state index in [1.54, 1.807) is 0 Å². The zero-order valence-electron chi connectivity index (χ0n) is 8.86. The minimum atomic E-state index is 0.494. The topological polar surface area (TPSA) is 12.0 Å². The average Bonchev–Trinajstić information content (AvgIpc) is 2.52. The molecule has 0 bridgehead atoms. The Balaban J connectivity index is 2.14. The van der Waals surface area contributed by atoms with Crippen LogP contribution in [0.25, 0.3) is 0 Å². The van der Waals surface area contributed by atoms with Gasteiger partial charge in [0.05, 0.1) is 0 Å². The van der Waals surface area contributed by atoms with Gasteiger partial charge < -0.3 is 5.32 Å². The highest BCUT2D eigenvalue weighted by Crippen LogP contribution is 2.36. The Hall–Kier alpha value is 0.0500. The summed E-state index contributed by atoms with van der Waals surface area (Å²) in [5, 5.41) is 3.50. The molecule has 1 aliphatic heterocycles. The van der Waals surface area contributed by atoms with E-state index >= 15 is 0 Å². The van der Waals surface area contributed by atoms with Crippen molar-refractivity contribution in [1.82, 2.24) is 5.32 Å². The lowest BCUT2D eigenvalue weighted by Gasteiger charge is -2.23. The minimum absolute atomic E-state index is 0.494. The van der Waals surface area contributed by atoms with Crippen molar-refractivity contribution in [2.45, 2.75) is 37.9 Å². The van der Waals surface area contributed by atoms with E-state index in [-0.39, 0.29) is 0 Å². The Bertz CT molecular complexity index is 171. The molecule has 0 aromatic carbocycles. The molecule has 0 saturated carbocycles. The predicted octanol–water partition coefficient (Wildman–Crippen LogP) is 2.83. The lowest BCUT2D eigenvalue weighted by molar-refractivity contribution is 0.550. The molecule has 1 N–H and O–H groups in total. The lowest BCUT2D eigenvalue weighted by Crippen LogP contribution is -2.33. The van der Waals surface area contributed by atoms with Crippen LogP contribution in [0.5, 0.6) is 0 Å². The second-order valence-electron chi connectivity index (χ2n) is 4.11. The van der Waals surface area contributed by atoms with Crippen LogP contribution in [0.15, 0.2) is 12.2 Å². The summed E-state index contributed by atoms with van der Waals surface area (Å²) in [6.45, 7) is 10.6. The highest BCUT2D eigenvalue weighted by Gasteiger charge is 2.28. The van der Waals surface area contributed by atoms with Gasteiger partial charge in [0.2, 0.25) is 0 Å². The van der Waals surface area contributed by atoms with Crippen molar-refractivity contribution < 1.29 is 0 Å². The molecule has 1 fully saturated rings. The maximum absolute atomic E-state index is 3.99. The van der Waals surface area contributed by atoms with Gasteiger partial charge in [-0.2, -0.15) is 11.8 Å². The highest BCUT2D eigenvalue weighted by molar-refractivity contribution is 8.00. The number of hydrogen-bond donors (Lipinski definition) is 1. The second kappa shape index (κ2) is 5.06. The van der Waals surface area contributed by atoms with Crippen LogP contribution >= 0.6 is 11.8 Å². The first kappa shape index (κ1) is 11.1. The number of rotatable bonds is 5. The van der Waals surface area contributed by atoms with E-state index in [9.17, 15) is 0 Å². The highest BCUT2D eigenvalue weighted by atomic mass is 32.2. The summed E-state index contributed by atoms with van der Waals surface area (Å²) in [7, 11) is 0. The van der Waals surface area contributed by atoms with Crippen molar-refractivity contribution in [1.29, 1.82) is 0 Å². The van der Waals surface area contributed by atoms with Gasteiger partial charge in [-0.3, -0.25) is 0 Å². The van der Waals surface area contributed by atoms with Gasteiger partial charge in [0.25, 0.3) is 0 Å². The summed E-state index contributed by atoms with van der Waals surface area (Å²) >= 11 is 2.11. The molecule has 1 rings (SSSR count). The van der Waals surface area contributed by atoms with E-state index in [4.69, 9.17) is 0 Å². The molecule has 1 unspecified atom stereocenters. The molecule has 1 aliphatic rings. The summed E-state index contributed by atoms with van der Waals surface area (Å²) < 4.78 is 0.494. The molecule has 76 valence electrons. The van der Waals surface area contributed by atoms with Crippen LogP contribution in [0.1, 0.15) is 33.1 Å². The zero-order valence-corrected chi connectivity index (χ0v) is 9.67. The molecule has 0 radical (unpaired) electrons. The second-order valence-corrected chi connectivity index (χ2v) is 5.79. The molecule has 13 heavy (non-hydrogen) atoms. The quantitative estimate of drug-likeness (QED) is 0.683. The van der Waals surface area contributed by atoms with Crippen LogP contribution in [0.4, 0.5) is 0 Å². The summed E-state index contributed by atoms with van der Waals surface area (Å²) in [6, 6.07) is 0.